The molecule has 0 bridgehead atoms. The van der Waals surface area contributed by atoms with Crippen LogP contribution >= 0.6 is 11.8 Å². The molecular weight excluding hydrogens is 230 g/mol. The maximum Gasteiger partial charge on any atom is 0.223 e. The van der Waals surface area contributed by atoms with Gasteiger partial charge in [0.05, 0.1) is 0 Å². The molecule has 0 rings (SSSR count). The molecule has 2 nitrogen and oxygen atoms in total. The van der Waals surface area contributed by atoms with Crippen molar-refractivity contribution in [1.29, 1.82) is 0 Å². The van der Waals surface area contributed by atoms with Gasteiger partial charge in [0.15, 0.2) is 0 Å². The predicted octanol–water partition coefficient (Wildman–Crippen LogP) is 3.66. The maximum absolute atomic E-state index is 11.9. The first kappa shape index (κ1) is 16.8. The molecule has 0 atom stereocenters. The summed E-state index contributed by atoms with van der Waals surface area (Å²) in [6.45, 7) is 14.0. The molecule has 0 unspecified atom stereocenters. The van der Waals surface area contributed by atoms with Crippen molar-refractivity contribution >= 4 is 17.7 Å². The number of carbonyl (C=O) groups is 1. The molecule has 17 heavy (non-hydrogen) atoms. The summed E-state index contributed by atoms with van der Waals surface area (Å²) in [6, 6.07) is 0. The van der Waals surface area contributed by atoms with Gasteiger partial charge in [-0.05, 0) is 16.6 Å². The summed E-state index contributed by atoms with van der Waals surface area (Å²) in [5.41, 5.74) is 0.536. The van der Waals surface area contributed by atoms with E-state index in [2.05, 4.69) is 41.5 Å². The second-order valence-electron chi connectivity index (χ2n) is 7.17. The largest absolute Gasteiger partial charge is 0.345 e. The Morgan fingerprint density at radius 2 is 1.59 bits per heavy atom. The lowest BCUT2D eigenvalue weighted by atomic mass is 9.96. The van der Waals surface area contributed by atoms with Crippen molar-refractivity contribution in [2.75, 3.05) is 25.1 Å². The first-order chi connectivity index (χ1) is 7.51. The highest BCUT2D eigenvalue weighted by atomic mass is 32.2. The summed E-state index contributed by atoms with van der Waals surface area (Å²) in [7, 11) is 1.90. The van der Waals surface area contributed by atoms with Gasteiger partial charge in [0, 0.05) is 25.8 Å². The quantitative estimate of drug-likeness (QED) is 0.702. The molecule has 0 aliphatic carbocycles. The highest BCUT2D eigenvalue weighted by Crippen LogP contribution is 2.21. The second-order valence-corrected chi connectivity index (χ2v) is 8.28. The van der Waals surface area contributed by atoms with Gasteiger partial charge in [0.2, 0.25) is 5.91 Å². The van der Waals surface area contributed by atoms with Gasteiger partial charge < -0.3 is 4.90 Å². The van der Waals surface area contributed by atoms with E-state index in [9.17, 15) is 4.79 Å². The molecule has 0 heterocycles. The van der Waals surface area contributed by atoms with Crippen molar-refractivity contribution in [2.45, 2.75) is 48.0 Å². The number of carbonyl (C=O) groups excluding carboxylic acids is 1. The molecule has 0 aliphatic heterocycles. The first-order valence-corrected chi connectivity index (χ1v) is 7.48. The number of hydrogen-bond donors (Lipinski definition) is 0. The van der Waals surface area contributed by atoms with E-state index < -0.39 is 0 Å². The van der Waals surface area contributed by atoms with Gasteiger partial charge in [-0.1, -0.05) is 41.5 Å². The van der Waals surface area contributed by atoms with Crippen molar-refractivity contribution in [3.8, 4) is 0 Å². The second kappa shape index (κ2) is 6.67. The number of hydrogen-bond acceptors (Lipinski definition) is 2. The van der Waals surface area contributed by atoms with Crippen LogP contribution in [0.1, 0.15) is 48.0 Å². The zero-order valence-corrected chi connectivity index (χ0v) is 13.4. The van der Waals surface area contributed by atoms with Gasteiger partial charge in [-0.3, -0.25) is 4.79 Å². The zero-order chi connectivity index (χ0) is 13.7. The van der Waals surface area contributed by atoms with Crippen molar-refractivity contribution < 1.29 is 4.79 Å². The summed E-state index contributed by atoms with van der Waals surface area (Å²) >= 11 is 1.88. The Labute approximate surface area is 112 Å². The third-order valence-corrected chi connectivity index (χ3v) is 3.70. The molecule has 0 aromatic carbocycles. The van der Waals surface area contributed by atoms with Crippen LogP contribution in [0.5, 0.6) is 0 Å². The highest BCUT2D eigenvalue weighted by Gasteiger charge is 2.17. The summed E-state index contributed by atoms with van der Waals surface area (Å²) < 4.78 is 0. The molecule has 0 fully saturated rings. The molecule has 0 N–H and O–H groups in total. The molecule has 0 radical (unpaired) electrons. The van der Waals surface area contributed by atoms with Gasteiger partial charge in [0.1, 0.15) is 0 Å². The fraction of sp³-hybridized carbons (Fsp3) is 0.929. The van der Waals surface area contributed by atoms with Crippen LogP contribution < -0.4 is 0 Å². The summed E-state index contributed by atoms with van der Waals surface area (Å²) in [5, 5.41) is 0. The third-order valence-electron chi connectivity index (χ3n) is 2.13. The normalized spacial score (nSPS) is 12.6. The molecule has 0 aromatic rings. The number of thioether (sulfide) groups is 1. The number of amides is 1. The van der Waals surface area contributed by atoms with Crippen molar-refractivity contribution in [3.05, 3.63) is 0 Å². The van der Waals surface area contributed by atoms with Gasteiger partial charge in [-0.2, -0.15) is 11.8 Å². The Hall–Kier alpha value is -0.180. The summed E-state index contributed by atoms with van der Waals surface area (Å²) in [4.78, 5) is 13.7. The van der Waals surface area contributed by atoms with Crippen LogP contribution in [0.15, 0.2) is 0 Å². The highest BCUT2D eigenvalue weighted by molar-refractivity contribution is 7.99. The van der Waals surface area contributed by atoms with Crippen LogP contribution in [0, 0.1) is 10.8 Å². The van der Waals surface area contributed by atoms with Crippen LogP contribution in [-0.4, -0.2) is 35.9 Å². The lowest BCUT2D eigenvalue weighted by Gasteiger charge is -2.26. The van der Waals surface area contributed by atoms with E-state index in [-0.39, 0.29) is 11.3 Å². The Bertz CT molecular complexity index is 238. The van der Waals surface area contributed by atoms with Gasteiger partial charge in [-0.15, -0.1) is 0 Å². The van der Waals surface area contributed by atoms with E-state index in [0.717, 1.165) is 18.1 Å². The van der Waals surface area contributed by atoms with Gasteiger partial charge in [0.25, 0.3) is 0 Å². The number of rotatable bonds is 5. The Morgan fingerprint density at radius 1 is 1.06 bits per heavy atom. The summed E-state index contributed by atoms with van der Waals surface area (Å²) in [6.07, 6.45) is 0.660. The van der Waals surface area contributed by atoms with E-state index >= 15 is 0 Å². The predicted molar refractivity (Wildman–Crippen MR) is 78.5 cm³/mol. The average molecular weight is 259 g/mol. The first-order valence-electron chi connectivity index (χ1n) is 6.33. The minimum atomic E-state index is 0.183. The lowest BCUT2D eigenvalue weighted by Crippen LogP contribution is -2.34. The van der Waals surface area contributed by atoms with Crippen molar-refractivity contribution in [2.24, 2.45) is 10.8 Å². The standard InChI is InChI=1S/C14H29NOS/c1-13(2,3)10-15(7)12(16)8-9-17-11-14(4,5)6/h8-11H2,1-7H3. The topological polar surface area (TPSA) is 20.3 Å². The van der Waals surface area contributed by atoms with E-state index in [0.29, 0.717) is 11.8 Å². The fourth-order valence-corrected chi connectivity index (χ4v) is 2.60. The van der Waals surface area contributed by atoms with Gasteiger partial charge >= 0.3 is 0 Å². The van der Waals surface area contributed by atoms with Gasteiger partial charge in [-0.25, -0.2) is 0 Å². The molecule has 0 spiro atoms. The minimum Gasteiger partial charge on any atom is -0.345 e. The Balaban J connectivity index is 3.80. The average Bonchev–Trinajstić information content (AvgIpc) is 2.07. The molecular formula is C14H29NOS. The Kier molecular flexibility index (Phi) is 6.60. The van der Waals surface area contributed by atoms with Crippen molar-refractivity contribution in [1.82, 2.24) is 4.90 Å². The lowest BCUT2D eigenvalue weighted by molar-refractivity contribution is -0.130. The molecule has 3 heteroatoms. The smallest absolute Gasteiger partial charge is 0.223 e. The molecule has 0 aliphatic rings. The van der Waals surface area contributed by atoms with Crippen LogP contribution in [0.4, 0.5) is 0 Å². The number of nitrogens with zero attached hydrogens (tertiary/aromatic N) is 1. The van der Waals surface area contributed by atoms with Crippen LogP contribution in [0.2, 0.25) is 0 Å². The minimum absolute atomic E-state index is 0.183. The van der Waals surface area contributed by atoms with E-state index in [1.165, 1.54) is 0 Å². The third kappa shape index (κ3) is 10.7. The van der Waals surface area contributed by atoms with Crippen LogP contribution in [0.25, 0.3) is 0 Å². The van der Waals surface area contributed by atoms with E-state index in [1.54, 1.807) is 0 Å². The molecule has 0 saturated heterocycles. The van der Waals surface area contributed by atoms with Crippen LogP contribution in [0.3, 0.4) is 0 Å². The molecule has 102 valence electrons. The van der Waals surface area contributed by atoms with Crippen LogP contribution in [-0.2, 0) is 4.79 Å². The van der Waals surface area contributed by atoms with E-state index in [4.69, 9.17) is 0 Å². The monoisotopic (exact) mass is 259 g/mol. The maximum atomic E-state index is 11.9. The summed E-state index contributed by atoms with van der Waals surface area (Å²) in [5.74, 6) is 2.31. The van der Waals surface area contributed by atoms with E-state index in [1.807, 2.05) is 23.7 Å². The molecule has 0 aromatic heterocycles. The van der Waals surface area contributed by atoms with Crippen molar-refractivity contribution in [3.63, 3.8) is 0 Å². The molecule has 0 saturated carbocycles. The SMILES string of the molecule is CN(CC(C)(C)C)C(=O)CCSCC(C)(C)C. The zero-order valence-electron chi connectivity index (χ0n) is 12.6. The Morgan fingerprint density at radius 3 is 2.00 bits per heavy atom. The molecule has 1 amide bonds. The fourth-order valence-electron chi connectivity index (χ4n) is 1.53.